The van der Waals surface area contributed by atoms with Crippen molar-refractivity contribution in [1.82, 2.24) is 23.7 Å². The molecule has 3 heterocycles. The molecule has 3 aromatic rings. The fraction of sp³-hybridized carbons (Fsp3) is 0.167. The van der Waals surface area contributed by atoms with Gasteiger partial charge in [-0.3, -0.25) is 18.5 Å². The summed E-state index contributed by atoms with van der Waals surface area (Å²) in [6.45, 7) is 0. The molecule has 3 rings (SSSR count). The molecule has 0 spiro atoms. The lowest BCUT2D eigenvalue weighted by molar-refractivity contribution is 0.708. The quantitative estimate of drug-likeness (QED) is 0.608. The van der Waals surface area contributed by atoms with Gasteiger partial charge in [0.05, 0.1) is 5.36 Å². The molecule has 0 saturated carbocycles. The number of imidazole rings is 1. The molecular weight excluding hydrogens is 260 g/mol. The van der Waals surface area contributed by atoms with Gasteiger partial charge in [0, 0.05) is 26.5 Å². The van der Waals surface area contributed by atoms with Crippen LogP contribution in [0.15, 0.2) is 34.1 Å². The van der Waals surface area contributed by atoms with Crippen molar-refractivity contribution < 1.29 is 0 Å². The maximum absolute atomic E-state index is 12.0. The van der Waals surface area contributed by atoms with Gasteiger partial charge in [-0.25, -0.2) is 4.79 Å². The first-order valence-corrected chi connectivity index (χ1v) is 5.88. The Morgan fingerprint density at radius 2 is 1.80 bits per heavy atom. The third kappa shape index (κ3) is 1.62. The molecular formula is C12H12N6O2. The van der Waals surface area contributed by atoms with Gasteiger partial charge in [-0.1, -0.05) is 0 Å². The molecule has 20 heavy (non-hydrogen) atoms. The molecule has 2 N–H and O–H groups in total. The summed E-state index contributed by atoms with van der Waals surface area (Å²) in [7, 11) is 2.99. The Labute approximate surface area is 112 Å². The van der Waals surface area contributed by atoms with Crippen LogP contribution in [0.2, 0.25) is 0 Å². The lowest BCUT2D eigenvalue weighted by Gasteiger charge is -2.00. The number of nitrogens with zero attached hydrogens (tertiary/aromatic N) is 4. The van der Waals surface area contributed by atoms with Crippen molar-refractivity contribution in [3.63, 3.8) is 0 Å². The zero-order valence-electron chi connectivity index (χ0n) is 10.9. The summed E-state index contributed by atoms with van der Waals surface area (Å²) in [4.78, 5) is 31.1. The van der Waals surface area contributed by atoms with Crippen LogP contribution in [0.4, 0.5) is 0 Å². The molecule has 0 saturated heterocycles. The van der Waals surface area contributed by atoms with Crippen LogP contribution in [-0.4, -0.2) is 23.7 Å². The van der Waals surface area contributed by atoms with Crippen molar-refractivity contribution in [2.24, 2.45) is 14.1 Å². The van der Waals surface area contributed by atoms with E-state index in [9.17, 15) is 9.59 Å². The molecule has 3 aromatic heterocycles. The molecule has 8 nitrogen and oxygen atoms in total. The van der Waals surface area contributed by atoms with Crippen molar-refractivity contribution in [2.75, 3.05) is 0 Å². The largest absolute Gasteiger partial charge is 0.332 e. The number of aryl methyl sites for hydroxylation is 1. The predicted octanol–water partition coefficient (Wildman–Crippen LogP) is -0.770. The fourth-order valence-electron chi connectivity index (χ4n) is 2.00. The zero-order valence-corrected chi connectivity index (χ0v) is 10.9. The lowest BCUT2D eigenvalue weighted by Crippen LogP contribution is -2.36. The van der Waals surface area contributed by atoms with E-state index < -0.39 is 11.2 Å². The van der Waals surface area contributed by atoms with E-state index in [-0.39, 0.29) is 5.52 Å². The maximum atomic E-state index is 12.0. The van der Waals surface area contributed by atoms with Crippen molar-refractivity contribution in [3.05, 3.63) is 50.7 Å². The number of rotatable bonds is 1. The Kier molecular flexibility index (Phi) is 2.46. The first-order valence-electron chi connectivity index (χ1n) is 5.88. The van der Waals surface area contributed by atoms with Crippen LogP contribution in [0, 0.1) is 5.41 Å². The molecule has 0 radical (unpaired) electrons. The van der Waals surface area contributed by atoms with Gasteiger partial charge in [0.15, 0.2) is 11.2 Å². The zero-order chi connectivity index (χ0) is 14.4. The van der Waals surface area contributed by atoms with E-state index >= 15 is 0 Å². The molecule has 0 unspecified atom stereocenters. The van der Waals surface area contributed by atoms with Gasteiger partial charge >= 0.3 is 5.69 Å². The van der Waals surface area contributed by atoms with Gasteiger partial charge in [0.1, 0.15) is 0 Å². The number of hydrogen-bond acceptors (Lipinski definition) is 4. The summed E-state index contributed by atoms with van der Waals surface area (Å²) in [5.41, 5.74) is -0.269. The monoisotopic (exact) mass is 272 g/mol. The maximum Gasteiger partial charge on any atom is 0.332 e. The standard InChI is InChI=1S/C12H12N6O2/c1-16-9-8(10(19)17(2)12(16)20)14-11(15-9)18-5-3-7(13)4-6-18/h3-6,13H,1-2H3,(H,14,15). The first-order chi connectivity index (χ1) is 9.49. The van der Waals surface area contributed by atoms with Gasteiger partial charge in [-0.05, 0) is 12.1 Å². The number of H-pyrrole nitrogens is 1. The van der Waals surface area contributed by atoms with Crippen LogP contribution >= 0.6 is 0 Å². The summed E-state index contributed by atoms with van der Waals surface area (Å²) in [6.07, 6.45) is 3.31. The molecule has 0 aromatic carbocycles. The number of pyridine rings is 1. The number of nitrogens with one attached hydrogen (secondary N) is 2. The highest BCUT2D eigenvalue weighted by molar-refractivity contribution is 5.71. The van der Waals surface area contributed by atoms with Crippen molar-refractivity contribution in [1.29, 1.82) is 5.41 Å². The SMILES string of the molecule is Cn1c(=O)c2[nH]c(-n3ccc(=N)cc3)nc2n(C)c1=O. The number of fused-ring (bicyclic) bond motifs is 1. The second-order valence-corrected chi connectivity index (χ2v) is 4.46. The molecule has 0 amide bonds. The number of aromatic nitrogens is 5. The Bertz CT molecular complexity index is 967. The van der Waals surface area contributed by atoms with Crippen molar-refractivity contribution in [3.8, 4) is 5.95 Å². The van der Waals surface area contributed by atoms with E-state index in [4.69, 9.17) is 5.41 Å². The highest BCUT2D eigenvalue weighted by Crippen LogP contribution is 2.07. The third-order valence-electron chi connectivity index (χ3n) is 3.16. The van der Waals surface area contributed by atoms with Gasteiger partial charge < -0.3 is 10.4 Å². The molecule has 102 valence electrons. The van der Waals surface area contributed by atoms with Crippen LogP contribution in [0.1, 0.15) is 0 Å². The van der Waals surface area contributed by atoms with E-state index in [2.05, 4.69) is 9.97 Å². The molecule has 0 bridgehead atoms. The van der Waals surface area contributed by atoms with E-state index in [0.29, 0.717) is 17.0 Å². The minimum atomic E-state index is -0.424. The lowest BCUT2D eigenvalue weighted by atomic mass is 10.4. The molecule has 0 aliphatic rings. The Hall–Kier alpha value is -2.90. The molecule has 0 fully saturated rings. The second kappa shape index (κ2) is 4.05. The summed E-state index contributed by atoms with van der Waals surface area (Å²) in [5.74, 6) is 0.415. The molecule has 8 heteroatoms. The molecule has 0 atom stereocenters. The average molecular weight is 272 g/mol. The van der Waals surface area contributed by atoms with E-state index in [0.717, 1.165) is 4.57 Å². The Balaban J connectivity index is 2.36. The topological polar surface area (TPSA) is 101 Å². The fourth-order valence-corrected chi connectivity index (χ4v) is 2.00. The van der Waals surface area contributed by atoms with Gasteiger partial charge in [0.25, 0.3) is 5.56 Å². The van der Waals surface area contributed by atoms with E-state index in [1.165, 1.54) is 11.6 Å². The smallest absolute Gasteiger partial charge is 0.318 e. The van der Waals surface area contributed by atoms with Crippen LogP contribution < -0.4 is 16.6 Å². The minimum absolute atomic E-state index is 0.270. The first kappa shape index (κ1) is 12.2. The normalized spacial score (nSPS) is 11.1. The minimum Gasteiger partial charge on any atom is -0.318 e. The highest BCUT2D eigenvalue weighted by atomic mass is 16.2. The van der Waals surface area contributed by atoms with Gasteiger partial charge in [-0.2, -0.15) is 4.98 Å². The third-order valence-corrected chi connectivity index (χ3v) is 3.16. The summed E-state index contributed by atoms with van der Waals surface area (Å²) in [5, 5.41) is 7.82. The molecule has 0 aliphatic carbocycles. The van der Waals surface area contributed by atoms with E-state index in [1.807, 2.05) is 0 Å². The van der Waals surface area contributed by atoms with Crippen LogP contribution in [-0.2, 0) is 14.1 Å². The molecule has 0 aliphatic heterocycles. The summed E-state index contributed by atoms with van der Waals surface area (Å²) < 4.78 is 3.99. The van der Waals surface area contributed by atoms with Gasteiger partial charge in [0.2, 0.25) is 5.95 Å². The van der Waals surface area contributed by atoms with Crippen LogP contribution in [0.3, 0.4) is 0 Å². The van der Waals surface area contributed by atoms with Crippen LogP contribution in [0.5, 0.6) is 0 Å². The van der Waals surface area contributed by atoms with Crippen molar-refractivity contribution >= 4 is 11.2 Å². The average Bonchev–Trinajstić information content (AvgIpc) is 2.89. The number of aromatic amines is 1. The Morgan fingerprint density at radius 1 is 1.15 bits per heavy atom. The van der Waals surface area contributed by atoms with Crippen molar-refractivity contribution in [2.45, 2.75) is 0 Å². The van der Waals surface area contributed by atoms with Gasteiger partial charge in [-0.15, -0.1) is 0 Å². The second-order valence-electron chi connectivity index (χ2n) is 4.46. The summed E-state index contributed by atoms with van der Waals surface area (Å²) >= 11 is 0. The number of hydrogen-bond donors (Lipinski definition) is 2. The highest BCUT2D eigenvalue weighted by Gasteiger charge is 2.13. The predicted molar refractivity (Wildman–Crippen MR) is 71.8 cm³/mol. The summed E-state index contributed by atoms with van der Waals surface area (Å²) in [6, 6.07) is 3.20. The Morgan fingerprint density at radius 3 is 2.45 bits per heavy atom. The van der Waals surface area contributed by atoms with Crippen LogP contribution in [0.25, 0.3) is 17.1 Å². The van der Waals surface area contributed by atoms with E-state index in [1.54, 1.807) is 36.1 Å².